The van der Waals surface area contributed by atoms with E-state index in [2.05, 4.69) is 4.98 Å². The molecule has 0 aliphatic rings. The molecule has 16 heavy (non-hydrogen) atoms. The van der Waals surface area contributed by atoms with Crippen molar-refractivity contribution in [2.75, 3.05) is 0 Å². The number of fused-ring (bicyclic) bond motifs is 1. The van der Waals surface area contributed by atoms with Gasteiger partial charge in [0.25, 0.3) is 0 Å². The third-order valence-corrected chi connectivity index (χ3v) is 2.46. The molecule has 0 spiro atoms. The summed E-state index contributed by atoms with van der Waals surface area (Å²) in [5.74, 6) is 0.676. The van der Waals surface area contributed by atoms with E-state index in [1.165, 1.54) is 6.20 Å². The Morgan fingerprint density at radius 3 is 2.81 bits per heavy atom. The summed E-state index contributed by atoms with van der Waals surface area (Å²) in [4.78, 5) is 14.7. The molecular weight excluding hydrogens is 226 g/mol. The largest absolute Gasteiger partial charge is 0.491 e. The first-order valence-electron chi connectivity index (χ1n) is 5.05. The molecule has 1 aromatic heterocycles. The molecule has 4 heteroatoms. The number of hydrogen-bond acceptors (Lipinski definition) is 2. The highest BCUT2D eigenvalue weighted by molar-refractivity contribution is 6.31. The molecule has 1 aromatic carbocycles. The normalized spacial score (nSPS) is 11.0. The van der Waals surface area contributed by atoms with Crippen molar-refractivity contribution in [2.45, 2.75) is 20.0 Å². The Kier molecular flexibility index (Phi) is 2.88. The third-order valence-electron chi connectivity index (χ3n) is 2.18. The van der Waals surface area contributed by atoms with Gasteiger partial charge in [-0.1, -0.05) is 11.6 Å². The highest BCUT2D eigenvalue weighted by atomic mass is 35.5. The number of benzene rings is 1. The number of aromatic amines is 1. The summed E-state index contributed by atoms with van der Waals surface area (Å²) in [6.07, 6.45) is 1.57. The van der Waals surface area contributed by atoms with Crippen molar-refractivity contribution in [1.29, 1.82) is 0 Å². The minimum absolute atomic E-state index is 0.0794. The average Bonchev–Trinajstić information content (AvgIpc) is 2.23. The van der Waals surface area contributed by atoms with Crippen molar-refractivity contribution < 1.29 is 4.74 Å². The van der Waals surface area contributed by atoms with Gasteiger partial charge < -0.3 is 9.72 Å². The molecular formula is C12H12ClNO2. The van der Waals surface area contributed by atoms with Gasteiger partial charge in [-0.25, -0.2) is 0 Å². The fourth-order valence-electron chi connectivity index (χ4n) is 1.52. The average molecular weight is 238 g/mol. The standard InChI is InChI=1S/C12H12ClNO2/c1-7(2)16-8-3-4-11-9(5-8)12(15)10(13)6-14-11/h3-7H,1-2H3,(H,14,15). The number of hydrogen-bond donors (Lipinski definition) is 1. The lowest BCUT2D eigenvalue weighted by molar-refractivity contribution is 0.243. The van der Waals surface area contributed by atoms with Gasteiger partial charge in [0, 0.05) is 11.7 Å². The van der Waals surface area contributed by atoms with Crippen molar-refractivity contribution in [3.8, 4) is 5.75 Å². The van der Waals surface area contributed by atoms with Crippen LogP contribution in [0.2, 0.25) is 5.02 Å². The van der Waals surface area contributed by atoms with Crippen LogP contribution in [0.3, 0.4) is 0 Å². The van der Waals surface area contributed by atoms with Crippen LogP contribution in [-0.2, 0) is 0 Å². The maximum Gasteiger partial charge on any atom is 0.208 e. The second-order valence-electron chi connectivity index (χ2n) is 3.84. The second-order valence-corrected chi connectivity index (χ2v) is 4.25. The van der Waals surface area contributed by atoms with Crippen LogP contribution in [0.15, 0.2) is 29.2 Å². The van der Waals surface area contributed by atoms with Crippen LogP contribution in [0.4, 0.5) is 0 Å². The predicted octanol–water partition coefficient (Wildman–Crippen LogP) is 2.97. The predicted molar refractivity (Wildman–Crippen MR) is 65.3 cm³/mol. The van der Waals surface area contributed by atoms with Gasteiger partial charge in [0.1, 0.15) is 10.8 Å². The summed E-state index contributed by atoms with van der Waals surface area (Å²) in [5, 5.41) is 0.736. The smallest absolute Gasteiger partial charge is 0.208 e. The first-order chi connectivity index (χ1) is 7.58. The van der Waals surface area contributed by atoms with Gasteiger partial charge in [0.05, 0.1) is 11.5 Å². The molecule has 2 rings (SSSR count). The van der Waals surface area contributed by atoms with Crippen LogP contribution < -0.4 is 10.2 Å². The zero-order valence-corrected chi connectivity index (χ0v) is 9.84. The lowest BCUT2D eigenvalue weighted by Gasteiger charge is -2.10. The Bertz CT molecular complexity index is 575. The zero-order chi connectivity index (χ0) is 11.7. The minimum atomic E-state index is -0.176. The van der Waals surface area contributed by atoms with E-state index in [1.54, 1.807) is 6.07 Å². The maximum atomic E-state index is 11.8. The number of rotatable bonds is 2. The van der Waals surface area contributed by atoms with E-state index in [9.17, 15) is 4.79 Å². The molecule has 3 nitrogen and oxygen atoms in total. The number of aromatic nitrogens is 1. The molecule has 0 amide bonds. The van der Waals surface area contributed by atoms with Crippen LogP contribution in [-0.4, -0.2) is 11.1 Å². The van der Waals surface area contributed by atoms with Crippen LogP contribution in [0.1, 0.15) is 13.8 Å². The van der Waals surface area contributed by atoms with Crippen LogP contribution >= 0.6 is 11.6 Å². The van der Waals surface area contributed by atoms with Crippen molar-refractivity contribution in [2.24, 2.45) is 0 Å². The number of ether oxygens (including phenoxy) is 1. The van der Waals surface area contributed by atoms with Gasteiger partial charge in [0.2, 0.25) is 5.43 Å². The Morgan fingerprint density at radius 1 is 1.38 bits per heavy atom. The summed E-state index contributed by atoms with van der Waals surface area (Å²) in [7, 11) is 0. The molecule has 84 valence electrons. The van der Waals surface area contributed by atoms with E-state index in [1.807, 2.05) is 26.0 Å². The summed E-state index contributed by atoms with van der Waals surface area (Å²) >= 11 is 5.76. The lowest BCUT2D eigenvalue weighted by Crippen LogP contribution is -2.07. The summed E-state index contributed by atoms with van der Waals surface area (Å²) < 4.78 is 5.52. The molecule has 1 N–H and O–H groups in total. The Labute approximate surface area is 98.0 Å². The molecule has 0 fully saturated rings. The Balaban J connectivity index is 2.60. The van der Waals surface area contributed by atoms with E-state index in [4.69, 9.17) is 16.3 Å². The fourth-order valence-corrected chi connectivity index (χ4v) is 1.67. The highest BCUT2D eigenvalue weighted by Gasteiger charge is 2.05. The first kappa shape index (κ1) is 11.0. The third kappa shape index (κ3) is 2.04. The van der Waals surface area contributed by atoms with Crippen molar-refractivity contribution in [3.05, 3.63) is 39.6 Å². The summed E-state index contributed by atoms with van der Waals surface area (Å²) in [5.41, 5.74) is 0.579. The van der Waals surface area contributed by atoms with Crippen LogP contribution in [0.5, 0.6) is 5.75 Å². The highest BCUT2D eigenvalue weighted by Crippen LogP contribution is 2.19. The molecule has 0 radical (unpaired) electrons. The summed E-state index contributed by atoms with van der Waals surface area (Å²) in [6.45, 7) is 3.87. The quantitative estimate of drug-likeness (QED) is 0.873. The van der Waals surface area contributed by atoms with Crippen LogP contribution in [0, 0.1) is 0 Å². The number of pyridine rings is 1. The van der Waals surface area contributed by atoms with Gasteiger partial charge in [0.15, 0.2) is 0 Å². The molecule has 0 saturated heterocycles. The van der Waals surface area contributed by atoms with Crippen molar-refractivity contribution in [1.82, 2.24) is 4.98 Å². The molecule has 0 aliphatic carbocycles. The van der Waals surface area contributed by atoms with E-state index < -0.39 is 0 Å². The number of nitrogens with one attached hydrogen (secondary N) is 1. The van der Waals surface area contributed by atoms with E-state index in [-0.39, 0.29) is 16.6 Å². The molecule has 1 heterocycles. The summed E-state index contributed by atoms with van der Waals surface area (Å²) in [6, 6.07) is 5.34. The molecule has 0 saturated carbocycles. The van der Waals surface area contributed by atoms with E-state index in [0.717, 1.165) is 5.52 Å². The van der Waals surface area contributed by atoms with Gasteiger partial charge >= 0.3 is 0 Å². The zero-order valence-electron chi connectivity index (χ0n) is 9.08. The number of H-pyrrole nitrogens is 1. The van der Waals surface area contributed by atoms with Gasteiger partial charge in [-0.15, -0.1) is 0 Å². The van der Waals surface area contributed by atoms with Crippen molar-refractivity contribution in [3.63, 3.8) is 0 Å². The van der Waals surface area contributed by atoms with Gasteiger partial charge in [-0.3, -0.25) is 4.79 Å². The van der Waals surface area contributed by atoms with E-state index in [0.29, 0.717) is 11.1 Å². The molecule has 0 aliphatic heterocycles. The SMILES string of the molecule is CC(C)Oc1ccc2[nH]cc(Cl)c(=O)c2c1. The maximum absolute atomic E-state index is 11.8. The minimum Gasteiger partial charge on any atom is -0.491 e. The van der Waals surface area contributed by atoms with Crippen molar-refractivity contribution >= 4 is 22.5 Å². The number of halogens is 1. The van der Waals surface area contributed by atoms with Gasteiger partial charge in [-0.2, -0.15) is 0 Å². The molecule has 2 aromatic rings. The molecule has 0 bridgehead atoms. The fraction of sp³-hybridized carbons (Fsp3) is 0.250. The van der Waals surface area contributed by atoms with Gasteiger partial charge in [-0.05, 0) is 32.0 Å². The molecule has 0 atom stereocenters. The molecule has 0 unspecified atom stereocenters. The Morgan fingerprint density at radius 2 is 2.12 bits per heavy atom. The topological polar surface area (TPSA) is 42.1 Å². The lowest BCUT2D eigenvalue weighted by atomic mass is 10.2. The monoisotopic (exact) mass is 237 g/mol. The Hall–Kier alpha value is -1.48. The first-order valence-corrected chi connectivity index (χ1v) is 5.43. The van der Waals surface area contributed by atoms with Crippen LogP contribution in [0.25, 0.3) is 10.9 Å². The van der Waals surface area contributed by atoms with E-state index >= 15 is 0 Å². The second kappa shape index (κ2) is 4.18.